The third kappa shape index (κ3) is 3.92. The molecule has 2 unspecified atom stereocenters. The van der Waals surface area contributed by atoms with Gasteiger partial charge in [0.05, 0.1) is 17.2 Å². The summed E-state index contributed by atoms with van der Waals surface area (Å²) in [6.45, 7) is 3.60. The maximum atomic E-state index is 12.9. The van der Waals surface area contributed by atoms with E-state index >= 15 is 0 Å². The number of carbonyl (C=O) groups is 1. The number of allylic oxidation sites excluding steroid dienone is 1. The third-order valence-electron chi connectivity index (χ3n) is 5.69. The van der Waals surface area contributed by atoms with Gasteiger partial charge < -0.3 is 14.6 Å². The highest BCUT2D eigenvalue weighted by molar-refractivity contribution is 5.98. The Morgan fingerprint density at radius 3 is 2.64 bits per heavy atom. The van der Waals surface area contributed by atoms with Crippen molar-refractivity contribution in [2.45, 2.75) is 43.6 Å². The molecular formula is C22H26N2O4. The van der Waals surface area contributed by atoms with Crippen LogP contribution in [0.3, 0.4) is 0 Å². The molecule has 0 aliphatic heterocycles. The van der Waals surface area contributed by atoms with Gasteiger partial charge in [0.2, 0.25) is 5.90 Å². The smallest absolute Gasteiger partial charge is 0.323 e. The number of ether oxygens (including phenoxy) is 2. The number of nitrogens with one attached hydrogen (secondary N) is 1. The van der Waals surface area contributed by atoms with E-state index in [-0.39, 0.29) is 23.7 Å². The van der Waals surface area contributed by atoms with Gasteiger partial charge in [-0.05, 0) is 50.1 Å². The third-order valence-corrected chi connectivity index (χ3v) is 5.69. The van der Waals surface area contributed by atoms with E-state index in [1.807, 2.05) is 6.08 Å². The fourth-order valence-corrected chi connectivity index (χ4v) is 3.89. The Labute approximate surface area is 165 Å². The molecule has 0 amide bonds. The maximum Gasteiger partial charge on any atom is 0.323 e. The van der Waals surface area contributed by atoms with Gasteiger partial charge in [-0.15, -0.1) is 0 Å². The lowest BCUT2D eigenvalue weighted by Crippen LogP contribution is -2.44. The molecule has 0 spiro atoms. The first-order chi connectivity index (χ1) is 13.5. The number of hydrogen-bond donors (Lipinski definition) is 2. The number of benzene rings is 1. The molecular weight excluding hydrogens is 356 g/mol. The van der Waals surface area contributed by atoms with E-state index in [4.69, 9.17) is 14.9 Å². The van der Waals surface area contributed by atoms with Crippen LogP contribution >= 0.6 is 0 Å². The first kappa shape index (κ1) is 20.0. The molecule has 28 heavy (non-hydrogen) atoms. The zero-order chi connectivity index (χ0) is 20.1. The predicted molar refractivity (Wildman–Crippen MR) is 108 cm³/mol. The molecule has 6 nitrogen and oxygen atoms in total. The number of carbonyl (C=O) groups excluding carboxylic acids is 1. The minimum atomic E-state index is -0.755. The second kappa shape index (κ2) is 8.52. The first-order valence-corrected chi connectivity index (χ1v) is 9.48. The molecule has 1 aromatic rings. The highest BCUT2D eigenvalue weighted by Gasteiger charge is 2.47. The first-order valence-electron chi connectivity index (χ1n) is 9.48. The summed E-state index contributed by atoms with van der Waals surface area (Å²) in [6, 6.07) is 6.60. The van der Waals surface area contributed by atoms with Crippen molar-refractivity contribution in [1.82, 2.24) is 0 Å². The number of phenols is 1. The summed E-state index contributed by atoms with van der Waals surface area (Å²) in [7, 11) is 1.65. The molecule has 0 heterocycles. The number of methoxy groups -OCH3 is 1. The lowest BCUT2D eigenvalue weighted by molar-refractivity contribution is -0.145. The molecule has 2 N–H and O–H groups in total. The van der Waals surface area contributed by atoms with Crippen molar-refractivity contribution in [3.8, 4) is 5.75 Å². The van der Waals surface area contributed by atoms with Crippen LogP contribution in [0.4, 0.5) is 0 Å². The van der Waals surface area contributed by atoms with E-state index in [1.165, 1.54) is 6.08 Å². The van der Waals surface area contributed by atoms with Crippen LogP contribution in [0.25, 0.3) is 0 Å². The van der Waals surface area contributed by atoms with Crippen LogP contribution in [-0.4, -0.2) is 36.9 Å². The highest BCUT2D eigenvalue weighted by atomic mass is 16.5. The Morgan fingerprint density at radius 1 is 1.36 bits per heavy atom. The summed E-state index contributed by atoms with van der Waals surface area (Å²) < 4.78 is 10.9. The number of phenolic OH excluding ortho intramolecular Hbond substituents is 1. The molecule has 0 aromatic heterocycles. The largest absolute Gasteiger partial charge is 0.508 e. The summed E-state index contributed by atoms with van der Waals surface area (Å²) >= 11 is 0. The van der Waals surface area contributed by atoms with Gasteiger partial charge in [0.15, 0.2) is 0 Å². The second-order valence-electron chi connectivity index (χ2n) is 7.27. The van der Waals surface area contributed by atoms with Crippen molar-refractivity contribution in [1.29, 1.82) is 5.41 Å². The van der Waals surface area contributed by atoms with Crippen LogP contribution in [0.5, 0.6) is 5.75 Å². The monoisotopic (exact) mass is 382 g/mol. The minimum absolute atomic E-state index is 0.0415. The van der Waals surface area contributed by atoms with Crippen molar-refractivity contribution in [3.05, 3.63) is 53.8 Å². The molecule has 2 aliphatic carbocycles. The minimum Gasteiger partial charge on any atom is -0.508 e. The summed E-state index contributed by atoms with van der Waals surface area (Å²) in [4.78, 5) is 16.9. The summed E-state index contributed by atoms with van der Waals surface area (Å²) in [5, 5.41) is 17.7. The molecule has 0 bridgehead atoms. The average Bonchev–Trinajstić information content (AvgIpc) is 2.66. The molecule has 3 rings (SSSR count). The van der Waals surface area contributed by atoms with Gasteiger partial charge in [-0.25, -0.2) is 0 Å². The van der Waals surface area contributed by atoms with E-state index < -0.39 is 11.4 Å². The molecule has 0 saturated heterocycles. The fraction of sp³-hybridized carbons (Fsp3) is 0.409. The van der Waals surface area contributed by atoms with Crippen LogP contribution in [0, 0.1) is 11.3 Å². The summed E-state index contributed by atoms with van der Waals surface area (Å²) in [5.74, 6) is -0.676. The number of aliphatic imine (C=N–C) groups is 1. The lowest BCUT2D eigenvalue weighted by atomic mass is 9.64. The van der Waals surface area contributed by atoms with E-state index in [2.05, 4.69) is 17.8 Å². The Bertz CT molecular complexity index is 806. The summed E-state index contributed by atoms with van der Waals surface area (Å²) in [5.41, 5.74) is 0.595. The standard InChI is InChI=1S/C22H26N2O4/c1-24-18(17-6-3-4-7-19(17)27-2)14-20(23)28-21(26)22(12-5-13-22)15-8-10-16(25)11-9-15/h3,6,8-11,14,17,19,23,25H,1,4-5,7,12-13H2,2H3/b18-14-,23-20?. The van der Waals surface area contributed by atoms with Crippen molar-refractivity contribution in [2.75, 3.05) is 7.11 Å². The van der Waals surface area contributed by atoms with Crippen LogP contribution in [0.2, 0.25) is 0 Å². The molecule has 1 saturated carbocycles. The Kier molecular flexibility index (Phi) is 6.09. The van der Waals surface area contributed by atoms with Crippen LogP contribution in [-0.2, 0) is 19.7 Å². The molecule has 2 atom stereocenters. The quantitative estimate of drug-likeness (QED) is 0.338. The number of aromatic hydroxyl groups is 1. The van der Waals surface area contributed by atoms with E-state index in [9.17, 15) is 9.90 Å². The topological polar surface area (TPSA) is 92.0 Å². The van der Waals surface area contributed by atoms with Gasteiger partial charge in [-0.2, -0.15) is 0 Å². The lowest BCUT2D eigenvalue weighted by Gasteiger charge is -2.39. The number of rotatable bonds is 6. The van der Waals surface area contributed by atoms with E-state index in [0.29, 0.717) is 18.5 Å². The van der Waals surface area contributed by atoms with E-state index in [0.717, 1.165) is 24.8 Å². The highest BCUT2D eigenvalue weighted by Crippen LogP contribution is 2.45. The second-order valence-corrected chi connectivity index (χ2v) is 7.27. The molecule has 1 fully saturated rings. The van der Waals surface area contributed by atoms with Crippen LogP contribution in [0.1, 0.15) is 37.7 Å². The average molecular weight is 382 g/mol. The molecule has 0 radical (unpaired) electrons. The van der Waals surface area contributed by atoms with Crippen molar-refractivity contribution < 1.29 is 19.4 Å². The Balaban J connectivity index is 1.75. The normalized spacial score (nSPS) is 23.5. The fourth-order valence-electron chi connectivity index (χ4n) is 3.89. The summed E-state index contributed by atoms with van der Waals surface area (Å²) in [6.07, 6.45) is 9.50. The van der Waals surface area contributed by atoms with Crippen molar-refractivity contribution in [2.24, 2.45) is 10.9 Å². The number of nitrogens with zero attached hydrogens (tertiary/aromatic N) is 1. The van der Waals surface area contributed by atoms with Crippen molar-refractivity contribution in [3.63, 3.8) is 0 Å². The predicted octanol–water partition coefficient (Wildman–Crippen LogP) is 3.90. The molecule has 2 aliphatic rings. The van der Waals surface area contributed by atoms with Gasteiger partial charge in [-0.1, -0.05) is 30.7 Å². The zero-order valence-corrected chi connectivity index (χ0v) is 16.1. The number of hydrogen-bond acceptors (Lipinski definition) is 6. The Hall–Kier alpha value is -2.73. The molecule has 6 heteroatoms. The van der Waals surface area contributed by atoms with Gasteiger partial charge in [-0.3, -0.25) is 15.2 Å². The Morgan fingerprint density at radius 2 is 2.07 bits per heavy atom. The van der Waals surface area contributed by atoms with Gasteiger partial charge in [0, 0.05) is 19.1 Å². The van der Waals surface area contributed by atoms with E-state index in [1.54, 1.807) is 31.4 Å². The number of esters is 1. The van der Waals surface area contributed by atoms with Gasteiger partial charge >= 0.3 is 5.97 Å². The maximum absolute atomic E-state index is 12.9. The zero-order valence-electron chi connectivity index (χ0n) is 16.1. The van der Waals surface area contributed by atoms with Gasteiger partial charge in [0.1, 0.15) is 5.75 Å². The van der Waals surface area contributed by atoms with Crippen LogP contribution < -0.4 is 0 Å². The van der Waals surface area contributed by atoms with Crippen LogP contribution in [0.15, 0.2) is 53.2 Å². The molecule has 148 valence electrons. The van der Waals surface area contributed by atoms with Gasteiger partial charge in [0.25, 0.3) is 0 Å². The molecule has 1 aromatic carbocycles. The SMILES string of the molecule is C=N/C(=C\C(=N)OC(=O)C1(c2ccc(O)cc2)CCC1)C1C=CCCC1OC. The van der Waals surface area contributed by atoms with Crippen molar-refractivity contribution >= 4 is 18.6 Å².